The Balaban J connectivity index is 0.000000878. The van der Waals surface area contributed by atoms with E-state index >= 15 is 0 Å². The first-order valence-electron chi connectivity index (χ1n) is 9.53. The van der Waals surface area contributed by atoms with E-state index in [0.29, 0.717) is 18.9 Å². The molecular formula is C20H29N5O3. The number of aryl methyl sites for hydroxylation is 1. The highest BCUT2D eigenvalue weighted by molar-refractivity contribution is 5.77. The molecule has 0 spiro atoms. The first-order chi connectivity index (χ1) is 13.5. The summed E-state index contributed by atoms with van der Waals surface area (Å²) in [5, 5.41) is 9.96. The van der Waals surface area contributed by atoms with Crippen LogP contribution in [0.4, 0.5) is 5.82 Å². The van der Waals surface area contributed by atoms with Crippen LogP contribution in [0.2, 0.25) is 0 Å². The summed E-state index contributed by atoms with van der Waals surface area (Å²) in [7, 11) is 1.86. The van der Waals surface area contributed by atoms with E-state index < -0.39 is 0 Å². The van der Waals surface area contributed by atoms with Gasteiger partial charge < -0.3 is 19.9 Å². The number of hydrogen-bond donors (Lipinski definition) is 2. The number of carboxylic acid groups (broad SMARTS) is 1. The number of amides is 1. The molecule has 1 aliphatic heterocycles. The van der Waals surface area contributed by atoms with Crippen LogP contribution in [0.1, 0.15) is 56.5 Å². The van der Waals surface area contributed by atoms with Gasteiger partial charge in [-0.1, -0.05) is 13.8 Å². The summed E-state index contributed by atoms with van der Waals surface area (Å²) in [6.07, 6.45) is 8.16. The fraction of sp³-hybridized carbons (Fsp3) is 0.500. The van der Waals surface area contributed by atoms with Crippen LogP contribution >= 0.6 is 0 Å². The number of pyridine rings is 1. The van der Waals surface area contributed by atoms with Crippen LogP contribution in [0.3, 0.4) is 0 Å². The molecule has 1 aliphatic rings. The summed E-state index contributed by atoms with van der Waals surface area (Å²) < 4.78 is 2.10. The predicted octanol–water partition coefficient (Wildman–Crippen LogP) is 2.90. The predicted molar refractivity (Wildman–Crippen MR) is 107 cm³/mol. The number of anilines is 1. The van der Waals surface area contributed by atoms with Gasteiger partial charge in [0.1, 0.15) is 11.6 Å². The van der Waals surface area contributed by atoms with Gasteiger partial charge in [0.2, 0.25) is 5.91 Å². The van der Waals surface area contributed by atoms with Gasteiger partial charge in [-0.15, -0.1) is 0 Å². The van der Waals surface area contributed by atoms with Crippen LogP contribution in [0.5, 0.6) is 0 Å². The molecule has 3 rings (SSSR count). The Morgan fingerprint density at radius 1 is 1.39 bits per heavy atom. The van der Waals surface area contributed by atoms with E-state index in [2.05, 4.69) is 33.7 Å². The summed E-state index contributed by atoms with van der Waals surface area (Å²) in [4.78, 5) is 31.9. The number of nitrogens with one attached hydrogen (secondary N) is 1. The lowest BCUT2D eigenvalue weighted by Crippen LogP contribution is -2.31. The van der Waals surface area contributed by atoms with Crippen LogP contribution in [0, 0.1) is 0 Å². The van der Waals surface area contributed by atoms with Crippen molar-refractivity contribution in [2.24, 2.45) is 0 Å². The Kier molecular flexibility index (Phi) is 7.98. The number of hydrogen-bond acceptors (Lipinski definition) is 5. The lowest BCUT2D eigenvalue weighted by atomic mass is 10.1. The first kappa shape index (κ1) is 21.4. The largest absolute Gasteiger partial charge is 0.483 e. The van der Waals surface area contributed by atoms with Crippen molar-refractivity contribution in [1.29, 1.82) is 0 Å². The van der Waals surface area contributed by atoms with E-state index in [1.165, 1.54) is 0 Å². The first-order valence-corrected chi connectivity index (χ1v) is 9.53. The molecule has 0 bridgehead atoms. The number of carbonyl (C=O) groups excluding carboxylic acids is 1. The molecule has 0 radical (unpaired) electrons. The average Bonchev–Trinajstić information content (AvgIpc) is 3.36. The summed E-state index contributed by atoms with van der Waals surface area (Å²) in [5.41, 5.74) is 1.16. The van der Waals surface area contributed by atoms with E-state index in [1.54, 1.807) is 0 Å². The number of imidazole rings is 1. The van der Waals surface area contributed by atoms with Crippen LogP contribution in [-0.2, 0) is 16.1 Å². The number of nitrogens with zero attached hydrogens (tertiary/aromatic N) is 4. The van der Waals surface area contributed by atoms with Crippen molar-refractivity contribution >= 4 is 18.2 Å². The zero-order chi connectivity index (χ0) is 20.5. The maximum absolute atomic E-state index is 12.8. The van der Waals surface area contributed by atoms with E-state index in [1.807, 2.05) is 42.7 Å². The third-order valence-corrected chi connectivity index (χ3v) is 4.83. The minimum atomic E-state index is -0.250. The standard InChI is InChI=1S/C19H27N5O.CH2O2/c1-14(2)19-22-9-12-23(19)11-7-18(25)24-10-4-5-16(24)15-6-8-21-17(13-15)20-3;2-1-3/h6,8-9,12-14,16H,4-5,7,10-11H2,1-3H3,(H,20,21);1H,(H,2,3). The Bertz CT molecular complexity index is 775. The monoisotopic (exact) mass is 387 g/mol. The molecule has 152 valence electrons. The van der Waals surface area contributed by atoms with Gasteiger partial charge in [-0.25, -0.2) is 9.97 Å². The second kappa shape index (κ2) is 10.4. The molecule has 1 saturated heterocycles. The maximum atomic E-state index is 12.8. The van der Waals surface area contributed by atoms with Crippen molar-refractivity contribution in [3.05, 3.63) is 42.1 Å². The highest BCUT2D eigenvalue weighted by Gasteiger charge is 2.29. The normalized spacial score (nSPS) is 15.9. The number of carbonyl (C=O) groups is 2. The second-order valence-corrected chi connectivity index (χ2v) is 6.96. The molecule has 0 aromatic carbocycles. The minimum Gasteiger partial charge on any atom is -0.483 e. The van der Waals surface area contributed by atoms with Gasteiger partial charge in [-0.05, 0) is 30.5 Å². The fourth-order valence-electron chi connectivity index (χ4n) is 3.57. The molecule has 2 N–H and O–H groups in total. The fourth-order valence-corrected chi connectivity index (χ4v) is 3.57. The quantitative estimate of drug-likeness (QED) is 0.739. The SMILES string of the molecule is CNc1cc(C2CCCN2C(=O)CCn2ccnc2C(C)C)ccn1.O=CO. The number of rotatable bonds is 6. The van der Waals surface area contributed by atoms with Crippen LogP contribution in [0.25, 0.3) is 0 Å². The summed E-state index contributed by atoms with van der Waals surface area (Å²) in [6.45, 7) is 5.52. The van der Waals surface area contributed by atoms with Crippen LogP contribution in [0.15, 0.2) is 30.7 Å². The molecule has 1 atom stereocenters. The van der Waals surface area contributed by atoms with Gasteiger partial charge in [-0.2, -0.15) is 0 Å². The van der Waals surface area contributed by atoms with E-state index in [4.69, 9.17) is 9.90 Å². The lowest BCUT2D eigenvalue weighted by molar-refractivity contribution is -0.132. The molecule has 1 fully saturated rings. The Morgan fingerprint density at radius 2 is 2.14 bits per heavy atom. The summed E-state index contributed by atoms with van der Waals surface area (Å²) in [5.74, 6) is 2.46. The van der Waals surface area contributed by atoms with E-state index in [0.717, 1.165) is 36.6 Å². The van der Waals surface area contributed by atoms with Gasteiger partial charge in [0.15, 0.2) is 0 Å². The van der Waals surface area contributed by atoms with Gasteiger partial charge in [0, 0.05) is 51.1 Å². The lowest BCUT2D eigenvalue weighted by Gasteiger charge is -2.25. The van der Waals surface area contributed by atoms with Crippen molar-refractivity contribution in [3.8, 4) is 0 Å². The minimum absolute atomic E-state index is 0.162. The molecule has 0 saturated carbocycles. The van der Waals surface area contributed by atoms with Crippen molar-refractivity contribution in [1.82, 2.24) is 19.4 Å². The van der Waals surface area contributed by atoms with E-state index in [9.17, 15) is 4.79 Å². The molecule has 8 heteroatoms. The Hall–Kier alpha value is -2.90. The van der Waals surface area contributed by atoms with Gasteiger partial charge in [0.25, 0.3) is 6.47 Å². The molecule has 8 nitrogen and oxygen atoms in total. The molecule has 2 aromatic heterocycles. The second-order valence-electron chi connectivity index (χ2n) is 6.96. The molecule has 28 heavy (non-hydrogen) atoms. The van der Waals surface area contributed by atoms with Crippen molar-refractivity contribution in [3.63, 3.8) is 0 Å². The third kappa shape index (κ3) is 5.31. The van der Waals surface area contributed by atoms with Gasteiger partial charge >= 0.3 is 0 Å². The van der Waals surface area contributed by atoms with E-state index in [-0.39, 0.29) is 18.4 Å². The van der Waals surface area contributed by atoms with Crippen molar-refractivity contribution in [2.45, 2.75) is 51.6 Å². The van der Waals surface area contributed by atoms with Crippen molar-refractivity contribution in [2.75, 3.05) is 18.9 Å². The Labute approximate surface area is 165 Å². The van der Waals surface area contributed by atoms with Gasteiger partial charge in [-0.3, -0.25) is 9.59 Å². The summed E-state index contributed by atoms with van der Waals surface area (Å²) in [6, 6.07) is 4.22. The zero-order valence-electron chi connectivity index (χ0n) is 16.7. The van der Waals surface area contributed by atoms with Crippen molar-refractivity contribution < 1.29 is 14.7 Å². The zero-order valence-corrected chi connectivity index (χ0v) is 16.7. The van der Waals surface area contributed by atoms with Crippen LogP contribution in [-0.4, -0.2) is 50.5 Å². The number of likely N-dealkylation sites (tertiary alicyclic amines) is 1. The smallest absolute Gasteiger partial charge is 0.290 e. The third-order valence-electron chi connectivity index (χ3n) is 4.83. The molecule has 2 aromatic rings. The molecule has 1 amide bonds. The molecule has 0 aliphatic carbocycles. The highest BCUT2D eigenvalue weighted by atomic mass is 16.3. The molecule has 1 unspecified atom stereocenters. The highest BCUT2D eigenvalue weighted by Crippen LogP contribution is 2.33. The van der Waals surface area contributed by atoms with Crippen LogP contribution < -0.4 is 5.32 Å². The summed E-state index contributed by atoms with van der Waals surface area (Å²) >= 11 is 0. The molecular weight excluding hydrogens is 358 g/mol. The average molecular weight is 387 g/mol. The van der Waals surface area contributed by atoms with Gasteiger partial charge in [0.05, 0.1) is 6.04 Å². The topological polar surface area (TPSA) is 100 Å². The maximum Gasteiger partial charge on any atom is 0.290 e. The number of aromatic nitrogens is 3. The Morgan fingerprint density at radius 3 is 2.82 bits per heavy atom. The molecule has 3 heterocycles.